The molecular formula is C13H13BrFN3O. The van der Waals surface area contributed by atoms with Crippen molar-refractivity contribution in [1.82, 2.24) is 15.3 Å². The highest BCUT2D eigenvalue weighted by atomic mass is 79.9. The van der Waals surface area contributed by atoms with E-state index in [0.717, 1.165) is 5.56 Å². The predicted molar refractivity (Wildman–Crippen MR) is 73.6 cm³/mol. The van der Waals surface area contributed by atoms with Gasteiger partial charge in [-0.15, -0.1) is 0 Å². The minimum absolute atomic E-state index is 0.237. The Kier molecular flexibility index (Phi) is 4.44. The fraction of sp³-hybridized carbons (Fsp3) is 0.231. The Labute approximate surface area is 119 Å². The molecule has 0 amide bonds. The third-order valence-electron chi connectivity index (χ3n) is 2.72. The molecule has 0 aliphatic rings. The van der Waals surface area contributed by atoms with Crippen LogP contribution in [0.1, 0.15) is 17.3 Å². The third-order valence-corrected chi connectivity index (χ3v) is 3.41. The number of nitrogens with one attached hydrogen (secondary N) is 1. The number of aromatic nitrogens is 2. The molecule has 2 rings (SSSR count). The number of hydrogen-bond acceptors (Lipinski definition) is 4. The second-order valence-corrected chi connectivity index (χ2v) is 4.69. The normalized spacial score (nSPS) is 12.2. The predicted octanol–water partition coefficient (Wildman–Crippen LogP) is 2.70. The zero-order valence-electron chi connectivity index (χ0n) is 10.5. The highest BCUT2D eigenvalue weighted by Gasteiger charge is 2.21. The molecule has 1 heterocycles. The van der Waals surface area contributed by atoms with Gasteiger partial charge in [0.1, 0.15) is 11.5 Å². The maximum Gasteiger partial charge on any atom is 0.237 e. The Bertz CT molecular complexity index is 580. The summed E-state index contributed by atoms with van der Waals surface area (Å²) in [4.78, 5) is 8.42. The molecule has 6 heteroatoms. The van der Waals surface area contributed by atoms with Gasteiger partial charge in [0.15, 0.2) is 0 Å². The van der Waals surface area contributed by atoms with Crippen molar-refractivity contribution in [1.29, 1.82) is 0 Å². The van der Waals surface area contributed by atoms with Gasteiger partial charge in [0.25, 0.3) is 0 Å². The first kappa shape index (κ1) is 13.9. The topological polar surface area (TPSA) is 47.0 Å². The molecule has 1 aromatic carbocycles. The second-order valence-electron chi connectivity index (χ2n) is 3.84. The van der Waals surface area contributed by atoms with Crippen LogP contribution in [0.15, 0.2) is 35.1 Å². The van der Waals surface area contributed by atoms with E-state index in [1.165, 1.54) is 12.1 Å². The minimum Gasteiger partial charge on any atom is -0.480 e. The molecule has 19 heavy (non-hydrogen) atoms. The highest BCUT2D eigenvalue weighted by Crippen LogP contribution is 2.31. The van der Waals surface area contributed by atoms with Gasteiger partial charge >= 0.3 is 0 Å². The van der Waals surface area contributed by atoms with Gasteiger partial charge in [-0.25, -0.2) is 9.37 Å². The van der Waals surface area contributed by atoms with Gasteiger partial charge in [0.2, 0.25) is 5.88 Å². The number of halogens is 2. The number of ether oxygens (including phenoxy) is 1. The maximum absolute atomic E-state index is 13.2. The first-order chi connectivity index (χ1) is 9.17. The van der Waals surface area contributed by atoms with Crippen LogP contribution in [0, 0.1) is 5.82 Å². The molecule has 0 aliphatic heterocycles. The van der Waals surface area contributed by atoms with E-state index in [-0.39, 0.29) is 11.9 Å². The quantitative estimate of drug-likeness (QED) is 0.938. The summed E-state index contributed by atoms with van der Waals surface area (Å²) in [6.45, 7) is 0. The van der Waals surface area contributed by atoms with Gasteiger partial charge in [0, 0.05) is 16.9 Å². The molecule has 1 aromatic heterocycles. The summed E-state index contributed by atoms with van der Waals surface area (Å²) in [5.74, 6) is 0.148. The molecule has 0 aliphatic carbocycles. The lowest BCUT2D eigenvalue weighted by Crippen LogP contribution is -2.20. The number of nitrogens with zero attached hydrogens (tertiary/aromatic N) is 2. The van der Waals surface area contributed by atoms with Crippen LogP contribution in [0.25, 0.3) is 0 Å². The van der Waals surface area contributed by atoms with Gasteiger partial charge in [-0.05, 0) is 24.7 Å². The minimum atomic E-state index is -0.295. The molecule has 100 valence electrons. The summed E-state index contributed by atoms with van der Waals surface area (Å²) in [6, 6.07) is 4.29. The Morgan fingerprint density at radius 2 is 2.05 bits per heavy atom. The molecule has 1 unspecified atom stereocenters. The molecule has 1 atom stereocenters. The lowest BCUT2D eigenvalue weighted by Gasteiger charge is -2.19. The number of hydrogen-bond donors (Lipinski definition) is 1. The van der Waals surface area contributed by atoms with Crippen molar-refractivity contribution in [2.24, 2.45) is 0 Å². The molecule has 0 radical (unpaired) electrons. The van der Waals surface area contributed by atoms with Gasteiger partial charge in [-0.2, -0.15) is 0 Å². The third kappa shape index (κ3) is 2.90. The van der Waals surface area contributed by atoms with E-state index < -0.39 is 0 Å². The van der Waals surface area contributed by atoms with Crippen LogP contribution >= 0.6 is 15.9 Å². The maximum atomic E-state index is 13.2. The van der Waals surface area contributed by atoms with Gasteiger partial charge in [-0.3, -0.25) is 4.98 Å². The lowest BCUT2D eigenvalue weighted by molar-refractivity contribution is 0.384. The molecule has 0 bridgehead atoms. The van der Waals surface area contributed by atoms with Gasteiger partial charge in [-0.1, -0.05) is 22.0 Å². The van der Waals surface area contributed by atoms with Crippen LogP contribution in [0.4, 0.5) is 4.39 Å². The summed E-state index contributed by atoms with van der Waals surface area (Å²) in [5.41, 5.74) is 1.52. The SMILES string of the molecule is CNC(c1ccc(F)cc1Br)c1nccnc1OC. The lowest BCUT2D eigenvalue weighted by atomic mass is 10.0. The Morgan fingerprint density at radius 3 is 2.68 bits per heavy atom. The molecule has 4 nitrogen and oxygen atoms in total. The molecule has 0 saturated heterocycles. The fourth-order valence-corrected chi connectivity index (χ4v) is 2.45. The standard InChI is InChI=1S/C13H13BrFN3O/c1-16-11(9-4-3-8(15)7-10(9)14)12-13(19-2)18-6-5-17-12/h3-7,11,16H,1-2H3. The average molecular weight is 326 g/mol. The molecule has 2 aromatic rings. The molecule has 0 fully saturated rings. The fourth-order valence-electron chi connectivity index (χ4n) is 1.87. The van der Waals surface area contributed by atoms with Crippen LogP contribution in [-0.4, -0.2) is 24.1 Å². The first-order valence-electron chi connectivity index (χ1n) is 5.64. The van der Waals surface area contributed by atoms with Crippen LogP contribution in [0.3, 0.4) is 0 Å². The Morgan fingerprint density at radius 1 is 1.32 bits per heavy atom. The van der Waals surface area contributed by atoms with Crippen molar-refractivity contribution < 1.29 is 9.13 Å². The van der Waals surface area contributed by atoms with Crippen molar-refractivity contribution in [3.05, 3.63) is 52.1 Å². The summed E-state index contributed by atoms with van der Waals surface area (Å²) in [7, 11) is 3.34. The van der Waals surface area contributed by atoms with Gasteiger partial charge < -0.3 is 10.1 Å². The van der Waals surface area contributed by atoms with E-state index in [1.807, 2.05) is 0 Å². The molecule has 1 N–H and O–H groups in total. The number of methoxy groups -OCH3 is 1. The summed E-state index contributed by atoms with van der Waals surface area (Å²) >= 11 is 3.36. The highest BCUT2D eigenvalue weighted by molar-refractivity contribution is 9.10. The molecule has 0 saturated carbocycles. The second kappa shape index (κ2) is 6.08. The van der Waals surface area contributed by atoms with Crippen LogP contribution in [0.2, 0.25) is 0 Å². The number of benzene rings is 1. The largest absolute Gasteiger partial charge is 0.480 e. The van der Waals surface area contributed by atoms with E-state index >= 15 is 0 Å². The van der Waals surface area contributed by atoms with Crippen molar-refractivity contribution in [3.8, 4) is 5.88 Å². The molecular weight excluding hydrogens is 313 g/mol. The van der Waals surface area contributed by atoms with Gasteiger partial charge in [0.05, 0.1) is 13.2 Å². The summed E-state index contributed by atoms with van der Waals surface area (Å²) < 4.78 is 19.0. The summed E-state index contributed by atoms with van der Waals surface area (Å²) in [6.07, 6.45) is 3.16. The Hall–Kier alpha value is -1.53. The van der Waals surface area contributed by atoms with E-state index in [0.29, 0.717) is 16.0 Å². The van der Waals surface area contributed by atoms with Crippen LogP contribution in [-0.2, 0) is 0 Å². The summed E-state index contributed by atoms with van der Waals surface area (Å²) in [5, 5.41) is 3.13. The van der Waals surface area contributed by atoms with Crippen molar-refractivity contribution in [3.63, 3.8) is 0 Å². The zero-order valence-corrected chi connectivity index (χ0v) is 12.1. The van der Waals surface area contributed by atoms with Crippen molar-refractivity contribution in [2.45, 2.75) is 6.04 Å². The van der Waals surface area contributed by atoms with Crippen LogP contribution in [0.5, 0.6) is 5.88 Å². The van der Waals surface area contributed by atoms with E-state index in [2.05, 4.69) is 31.2 Å². The van der Waals surface area contributed by atoms with Crippen molar-refractivity contribution in [2.75, 3.05) is 14.2 Å². The first-order valence-corrected chi connectivity index (χ1v) is 6.43. The number of rotatable bonds is 4. The van der Waals surface area contributed by atoms with E-state index in [9.17, 15) is 4.39 Å². The smallest absolute Gasteiger partial charge is 0.237 e. The van der Waals surface area contributed by atoms with Crippen molar-refractivity contribution >= 4 is 15.9 Å². The molecule has 0 spiro atoms. The monoisotopic (exact) mass is 325 g/mol. The average Bonchev–Trinajstić information content (AvgIpc) is 2.42. The zero-order chi connectivity index (χ0) is 13.8. The Balaban J connectivity index is 2.50. The van der Waals surface area contributed by atoms with Crippen LogP contribution < -0.4 is 10.1 Å². The van der Waals surface area contributed by atoms with E-state index in [1.54, 1.807) is 32.6 Å². The van der Waals surface area contributed by atoms with E-state index in [4.69, 9.17) is 4.74 Å².